The fourth-order valence-electron chi connectivity index (χ4n) is 1.07. The second-order valence-corrected chi connectivity index (χ2v) is 3.60. The van der Waals surface area contributed by atoms with E-state index in [4.69, 9.17) is 22.3 Å². The van der Waals surface area contributed by atoms with Crippen LogP contribution in [0.2, 0.25) is 0 Å². The summed E-state index contributed by atoms with van der Waals surface area (Å²) in [5.41, 5.74) is 0. The van der Waals surface area contributed by atoms with Gasteiger partial charge in [-0.1, -0.05) is 11.8 Å². The van der Waals surface area contributed by atoms with Crippen molar-refractivity contribution in [1.29, 1.82) is 0 Å². The normalized spacial score (nSPS) is 11.6. The molecule has 0 aliphatic rings. The van der Waals surface area contributed by atoms with Gasteiger partial charge < -0.3 is 9.47 Å². The summed E-state index contributed by atoms with van der Waals surface area (Å²) in [6.45, 7) is 3.47. The second kappa shape index (κ2) is 9.72. The lowest BCUT2D eigenvalue weighted by molar-refractivity contribution is -0.147. The maximum absolute atomic E-state index is 11.4. The van der Waals surface area contributed by atoms with Crippen LogP contribution < -0.4 is 0 Å². The van der Waals surface area contributed by atoms with Crippen molar-refractivity contribution in [3.63, 3.8) is 0 Å². The summed E-state index contributed by atoms with van der Waals surface area (Å²) < 4.78 is 9.97. The van der Waals surface area contributed by atoms with Gasteiger partial charge in [-0.2, -0.15) is 0 Å². The fraction of sp³-hybridized carbons (Fsp3) is 0.615. The van der Waals surface area contributed by atoms with Crippen LogP contribution in [-0.2, 0) is 14.3 Å². The molecule has 17 heavy (non-hydrogen) atoms. The molecule has 94 valence electrons. The molecule has 0 aliphatic heterocycles. The van der Waals surface area contributed by atoms with Crippen molar-refractivity contribution in [2.24, 2.45) is 0 Å². The van der Waals surface area contributed by atoms with E-state index in [0.717, 1.165) is 0 Å². The van der Waals surface area contributed by atoms with Crippen LogP contribution in [0.25, 0.3) is 0 Å². The van der Waals surface area contributed by atoms with E-state index in [1.54, 1.807) is 7.11 Å². The van der Waals surface area contributed by atoms with Gasteiger partial charge in [0.2, 0.25) is 0 Å². The third-order valence-electron chi connectivity index (χ3n) is 2.14. The van der Waals surface area contributed by atoms with E-state index in [1.807, 2.05) is 11.8 Å². The Labute approximate surface area is 103 Å². The van der Waals surface area contributed by atoms with Crippen LogP contribution >= 0.6 is 0 Å². The predicted molar refractivity (Wildman–Crippen MR) is 66.2 cm³/mol. The fourth-order valence-corrected chi connectivity index (χ4v) is 1.07. The Balaban J connectivity index is 3.81. The summed E-state index contributed by atoms with van der Waals surface area (Å²) in [7, 11) is 1.57. The number of terminal acetylenes is 2. The molecule has 0 aromatic rings. The molecule has 0 radical (unpaired) electrons. The smallest absolute Gasteiger partial charge is 0.307 e. The van der Waals surface area contributed by atoms with E-state index in [-0.39, 0.29) is 25.1 Å². The van der Waals surface area contributed by atoms with Gasteiger partial charge in [-0.3, -0.25) is 9.69 Å². The van der Waals surface area contributed by atoms with Crippen LogP contribution in [0.15, 0.2) is 0 Å². The number of carbonyl (C=O) groups excluding carboxylic acids is 1. The van der Waals surface area contributed by atoms with Gasteiger partial charge in [0.25, 0.3) is 0 Å². The third-order valence-corrected chi connectivity index (χ3v) is 2.14. The number of esters is 1. The molecular formula is C13H19NO3. The molecule has 1 atom stereocenters. The van der Waals surface area contributed by atoms with Crippen molar-refractivity contribution < 1.29 is 14.3 Å². The third kappa shape index (κ3) is 8.33. The first-order valence-electron chi connectivity index (χ1n) is 5.41. The summed E-state index contributed by atoms with van der Waals surface area (Å²) in [4.78, 5) is 13.2. The molecule has 0 bridgehead atoms. The number of nitrogens with zero attached hydrogens (tertiary/aromatic N) is 1. The molecule has 0 aromatic heterocycles. The van der Waals surface area contributed by atoms with E-state index in [0.29, 0.717) is 19.6 Å². The zero-order valence-electron chi connectivity index (χ0n) is 10.4. The van der Waals surface area contributed by atoms with Crippen LogP contribution in [0.4, 0.5) is 0 Å². The molecule has 0 saturated heterocycles. The lowest BCUT2D eigenvalue weighted by Crippen LogP contribution is -2.28. The summed E-state index contributed by atoms with van der Waals surface area (Å²) >= 11 is 0. The Morgan fingerprint density at radius 3 is 2.41 bits per heavy atom. The lowest BCUT2D eigenvalue weighted by Gasteiger charge is -2.16. The highest BCUT2D eigenvalue weighted by atomic mass is 16.6. The first-order chi connectivity index (χ1) is 8.13. The second-order valence-electron chi connectivity index (χ2n) is 3.60. The molecule has 0 N–H and O–H groups in total. The average Bonchev–Trinajstić information content (AvgIpc) is 2.33. The standard InChI is InChI=1S/C13H19NO3/c1-5-8-14(9-6-2)10-7-13(15)17-11-12(3)16-4/h1-2,12H,7-11H2,3-4H3. The number of ether oxygens (including phenoxy) is 2. The number of methoxy groups -OCH3 is 1. The Hall–Kier alpha value is -1.49. The van der Waals surface area contributed by atoms with Crippen LogP contribution in [0.1, 0.15) is 13.3 Å². The highest BCUT2D eigenvalue weighted by Crippen LogP contribution is 1.96. The van der Waals surface area contributed by atoms with Crippen molar-refractivity contribution >= 4 is 5.97 Å². The minimum Gasteiger partial charge on any atom is -0.463 e. The van der Waals surface area contributed by atoms with Crippen molar-refractivity contribution in [3.8, 4) is 24.7 Å². The first-order valence-corrected chi connectivity index (χ1v) is 5.41. The lowest BCUT2D eigenvalue weighted by atomic mass is 10.3. The van der Waals surface area contributed by atoms with Gasteiger partial charge in [-0.15, -0.1) is 12.8 Å². The van der Waals surface area contributed by atoms with Crippen LogP contribution in [0.3, 0.4) is 0 Å². The minimum atomic E-state index is -0.270. The molecule has 0 rings (SSSR count). The molecule has 0 saturated carbocycles. The largest absolute Gasteiger partial charge is 0.463 e. The number of rotatable bonds is 8. The monoisotopic (exact) mass is 237 g/mol. The molecule has 0 amide bonds. The van der Waals surface area contributed by atoms with Gasteiger partial charge in [0, 0.05) is 13.7 Å². The van der Waals surface area contributed by atoms with Crippen molar-refractivity contribution in [3.05, 3.63) is 0 Å². The number of hydrogen-bond acceptors (Lipinski definition) is 4. The maximum Gasteiger partial charge on any atom is 0.307 e. The van der Waals surface area contributed by atoms with E-state index >= 15 is 0 Å². The molecule has 4 heteroatoms. The molecular weight excluding hydrogens is 218 g/mol. The molecule has 0 aromatic carbocycles. The van der Waals surface area contributed by atoms with Crippen molar-refractivity contribution in [2.45, 2.75) is 19.4 Å². The molecule has 0 spiro atoms. The molecule has 0 heterocycles. The number of carbonyl (C=O) groups is 1. The van der Waals surface area contributed by atoms with Crippen LogP contribution in [0.5, 0.6) is 0 Å². The molecule has 4 nitrogen and oxygen atoms in total. The SMILES string of the molecule is C#CCN(CC#C)CCC(=O)OCC(C)OC. The first kappa shape index (κ1) is 15.5. The van der Waals surface area contributed by atoms with Crippen LogP contribution in [0, 0.1) is 24.7 Å². The summed E-state index contributed by atoms with van der Waals surface area (Å²) in [6.07, 6.45) is 10.6. The summed E-state index contributed by atoms with van der Waals surface area (Å²) in [5.74, 6) is 4.72. The van der Waals surface area contributed by atoms with Gasteiger partial charge >= 0.3 is 5.97 Å². The zero-order chi connectivity index (χ0) is 13.1. The van der Waals surface area contributed by atoms with Gasteiger partial charge in [0.15, 0.2) is 0 Å². The van der Waals surface area contributed by atoms with E-state index in [1.165, 1.54) is 0 Å². The highest BCUT2D eigenvalue weighted by Gasteiger charge is 2.09. The van der Waals surface area contributed by atoms with E-state index < -0.39 is 0 Å². The van der Waals surface area contributed by atoms with E-state index in [9.17, 15) is 4.79 Å². The van der Waals surface area contributed by atoms with Gasteiger partial charge in [-0.05, 0) is 6.92 Å². The number of hydrogen-bond donors (Lipinski definition) is 0. The topological polar surface area (TPSA) is 38.8 Å². The minimum absolute atomic E-state index is 0.0912. The maximum atomic E-state index is 11.4. The average molecular weight is 237 g/mol. The molecule has 0 fully saturated rings. The van der Waals surface area contributed by atoms with Gasteiger partial charge in [-0.25, -0.2) is 0 Å². The molecule has 0 aliphatic carbocycles. The predicted octanol–water partition coefficient (Wildman–Crippen LogP) is 0.523. The Morgan fingerprint density at radius 1 is 1.35 bits per heavy atom. The Kier molecular flexibility index (Phi) is 8.86. The molecule has 1 unspecified atom stereocenters. The summed E-state index contributed by atoms with van der Waals surface area (Å²) in [6, 6.07) is 0. The Morgan fingerprint density at radius 2 is 1.94 bits per heavy atom. The Bertz CT molecular complexity index is 285. The van der Waals surface area contributed by atoms with Crippen LogP contribution in [-0.4, -0.2) is 50.3 Å². The van der Waals surface area contributed by atoms with Crippen molar-refractivity contribution in [2.75, 3.05) is 33.4 Å². The van der Waals surface area contributed by atoms with E-state index in [2.05, 4.69) is 11.8 Å². The quantitative estimate of drug-likeness (QED) is 0.456. The highest BCUT2D eigenvalue weighted by molar-refractivity contribution is 5.69. The van der Waals surface area contributed by atoms with Crippen molar-refractivity contribution in [1.82, 2.24) is 4.90 Å². The zero-order valence-corrected chi connectivity index (χ0v) is 10.4. The van der Waals surface area contributed by atoms with Gasteiger partial charge in [0.1, 0.15) is 6.61 Å². The summed E-state index contributed by atoms with van der Waals surface area (Å²) in [5, 5.41) is 0. The van der Waals surface area contributed by atoms with Gasteiger partial charge in [0.05, 0.1) is 25.6 Å².